The summed E-state index contributed by atoms with van der Waals surface area (Å²) < 4.78 is 62.7. The summed E-state index contributed by atoms with van der Waals surface area (Å²) in [5, 5.41) is 11.9. The third-order valence-corrected chi connectivity index (χ3v) is 6.33. The Morgan fingerprint density at radius 2 is 1.40 bits per heavy atom. The zero-order valence-electron chi connectivity index (χ0n) is 24.7. The smallest absolute Gasteiger partial charge is 0.416 e. The molecule has 10 heteroatoms. The van der Waals surface area contributed by atoms with Crippen LogP contribution >= 0.6 is 0 Å². The predicted octanol–water partition coefficient (Wildman–Crippen LogP) is 8.21. The minimum Gasteiger partial charge on any atom is -0.490 e. The van der Waals surface area contributed by atoms with Crippen molar-refractivity contribution in [1.29, 1.82) is 5.26 Å². The molecule has 7 nitrogen and oxygen atoms in total. The number of benzene rings is 4. The number of anilines is 1. The third kappa shape index (κ3) is 9.28. The van der Waals surface area contributed by atoms with Crippen LogP contribution < -0.4 is 24.3 Å². The number of amides is 1. The van der Waals surface area contributed by atoms with E-state index in [0.29, 0.717) is 48.4 Å². The Bertz CT molecular complexity index is 1680. The van der Waals surface area contributed by atoms with Crippen LogP contribution in [-0.2, 0) is 24.2 Å². The Morgan fingerprint density at radius 3 is 2.04 bits per heavy atom. The molecule has 0 saturated carbocycles. The quantitative estimate of drug-likeness (QED) is 0.120. The number of alkyl halides is 3. The van der Waals surface area contributed by atoms with Gasteiger partial charge in [-0.1, -0.05) is 48.5 Å². The van der Waals surface area contributed by atoms with Crippen LogP contribution in [0, 0.1) is 11.3 Å². The van der Waals surface area contributed by atoms with Crippen LogP contribution in [0.1, 0.15) is 36.1 Å². The van der Waals surface area contributed by atoms with Crippen molar-refractivity contribution in [2.45, 2.75) is 33.2 Å². The first-order valence-corrected chi connectivity index (χ1v) is 14.1. The number of halogens is 3. The fourth-order valence-electron chi connectivity index (χ4n) is 4.22. The van der Waals surface area contributed by atoms with E-state index in [1.165, 1.54) is 18.2 Å². The Hall–Kier alpha value is -5.43. The van der Waals surface area contributed by atoms with Crippen molar-refractivity contribution in [3.05, 3.63) is 119 Å². The van der Waals surface area contributed by atoms with Gasteiger partial charge in [-0.05, 0) is 79.1 Å². The van der Waals surface area contributed by atoms with E-state index in [1.54, 1.807) is 31.2 Å². The van der Waals surface area contributed by atoms with Crippen LogP contribution in [0.4, 0.5) is 18.9 Å². The fourth-order valence-corrected chi connectivity index (χ4v) is 4.22. The second-order valence-electron chi connectivity index (χ2n) is 9.62. The summed E-state index contributed by atoms with van der Waals surface area (Å²) in [5.74, 6) is 1.17. The van der Waals surface area contributed by atoms with Crippen LogP contribution in [0.15, 0.2) is 96.6 Å². The number of ether oxygens (including phenoxy) is 4. The average molecular weight is 617 g/mol. The fraction of sp³-hybridized carbons (Fsp3) is 0.200. The SMILES string of the molecule is CCOc1cc(/C=C(\C#N)C(=O)Nc2cccc(C(F)(F)F)c2)ccc1OCc1ccc(OCc2ccccc2)c(OCC)c1. The number of carbonyl (C=O) groups is 1. The maximum atomic E-state index is 13.0. The summed E-state index contributed by atoms with van der Waals surface area (Å²) in [5.41, 5.74) is 1.02. The molecule has 0 aliphatic rings. The second kappa shape index (κ2) is 15.3. The standard InChI is InChI=1S/C35H31F3N2O5/c1-3-42-32-18-25(17-27(21-39)34(41)40-29-12-8-11-28(20-29)35(36,37)38)13-15-30(32)45-23-26-14-16-31(33(19-26)43-4-2)44-22-24-9-6-5-7-10-24/h5-20H,3-4,22-23H2,1-2H3,(H,40,41)/b27-17+. The summed E-state index contributed by atoms with van der Waals surface area (Å²) in [6.45, 7) is 5.07. The monoisotopic (exact) mass is 616 g/mol. The summed E-state index contributed by atoms with van der Waals surface area (Å²) in [7, 11) is 0. The van der Waals surface area contributed by atoms with Crippen molar-refractivity contribution in [2.24, 2.45) is 0 Å². The highest BCUT2D eigenvalue weighted by Gasteiger charge is 2.30. The lowest BCUT2D eigenvalue weighted by molar-refractivity contribution is -0.137. The Morgan fingerprint density at radius 1 is 0.756 bits per heavy atom. The van der Waals surface area contributed by atoms with Gasteiger partial charge < -0.3 is 24.3 Å². The molecule has 0 saturated heterocycles. The van der Waals surface area contributed by atoms with Gasteiger partial charge in [0.1, 0.15) is 24.9 Å². The van der Waals surface area contributed by atoms with Crippen molar-refractivity contribution in [3.8, 4) is 29.1 Å². The van der Waals surface area contributed by atoms with Crippen LogP contribution in [0.2, 0.25) is 0 Å². The van der Waals surface area contributed by atoms with Gasteiger partial charge >= 0.3 is 6.18 Å². The number of nitrogens with one attached hydrogen (secondary N) is 1. The largest absolute Gasteiger partial charge is 0.490 e. The molecular weight excluding hydrogens is 585 g/mol. The number of carbonyl (C=O) groups excluding carboxylic acids is 1. The maximum Gasteiger partial charge on any atom is 0.416 e. The van der Waals surface area contributed by atoms with Crippen LogP contribution in [0.3, 0.4) is 0 Å². The van der Waals surface area contributed by atoms with Crippen molar-refractivity contribution >= 4 is 17.7 Å². The minimum atomic E-state index is -4.57. The zero-order chi connectivity index (χ0) is 32.2. The van der Waals surface area contributed by atoms with Crippen molar-refractivity contribution < 1.29 is 36.9 Å². The molecule has 0 unspecified atom stereocenters. The molecule has 1 amide bonds. The van der Waals surface area contributed by atoms with Crippen molar-refractivity contribution in [3.63, 3.8) is 0 Å². The molecule has 0 aromatic heterocycles. The molecule has 0 aliphatic heterocycles. The topological polar surface area (TPSA) is 89.8 Å². The second-order valence-corrected chi connectivity index (χ2v) is 9.62. The van der Waals surface area contributed by atoms with Gasteiger partial charge in [-0.3, -0.25) is 4.79 Å². The lowest BCUT2D eigenvalue weighted by atomic mass is 10.1. The zero-order valence-corrected chi connectivity index (χ0v) is 24.7. The normalized spacial score (nSPS) is 11.3. The predicted molar refractivity (Wildman–Crippen MR) is 164 cm³/mol. The molecule has 232 valence electrons. The van der Waals surface area contributed by atoms with E-state index in [0.717, 1.165) is 23.3 Å². The van der Waals surface area contributed by atoms with Gasteiger partial charge in [-0.15, -0.1) is 0 Å². The number of nitrogens with zero attached hydrogens (tertiary/aromatic N) is 1. The molecule has 0 aliphatic carbocycles. The van der Waals surface area contributed by atoms with E-state index >= 15 is 0 Å². The lowest BCUT2D eigenvalue weighted by Gasteiger charge is -2.15. The lowest BCUT2D eigenvalue weighted by Crippen LogP contribution is -2.14. The number of hydrogen-bond acceptors (Lipinski definition) is 6. The van der Waals surface area contributed by atoms with Crippen LogP contribution in [0.25, 0.3) is 6.08 Å². The molecule has 4 rings (SSSR count). The molecule has 0 bridgehead atoms. The van der Waals surface area contributed by atoms with Gasteiger partial charge in [-0.2, -0.15) is 18.4 Å². The molecule has 4 aromatic carbocycles. The summed E-state index contributed by atoms with van der Waals surface area (Å²) in [4.78, 5) is 12.7. The first-order chi connectivity index (χ1) is 21.7. The minimum absolute atomic E-state index is 0.0852. The third-order valence-electron chi connectivity index (χ3n) is 6.33. The molecule has 0 heterocycles. The van der Waals surface area contributed by atoms with Gasteiger partial charge in [-0.25, -0.2) is 0 Å². The van der Waals surface area contributed by atoms with E-state index in [-0.39, 0.29) is 17.9 Å². The van der Waals surface area contributed by atoms with Crippen molar-refractivity contribution in [2.75, 3.05) is 18.5 Å². The molecule has 0 atom stereocenters. The molecule has 0 fully saturated rings. The highest BCUT2D eigenvalue weighted by Crippen LogP contribution is 2.33. The molecule has 0 spiro atoms. The number of nitriles is 1. The Balaban J connectivity index is 1.46. The van der Waals surface area contributed by atoms with E-state index < -0.39 is 17.6 Å². The molecular formula is C35H31F3N2O5. The van der Waals surface area contributed by atoms with E-state index in [2.05, 4.69) is 5.32 Å². The van der Waals surface area contributed by atoms with Crippen LogP contribution in [-0.4, -0.2) is 19.1 Å². The Labute approximate surface area is 259 Å². The van der Waals surface area contributed by atoms with Crippen molar-refractivity contribution in [1.82, 2.24) is 0 Å². The highest BCUT2D eigenvalue weighted by molar-refractivity contribution is 6.09. The molecule has 0 radical (unpaired) electrons. The number of hydrogen-bond donors (Lipinski definition) is 1. The van der Waals surface area contributed by atoms with Gasteiger partial charge in [0.15, 0.2) is 23.0 Å². The van der Waals surface area contributed by atoms with Gasteiger partial charge in [0.05, 0.1) is 18.8 Å². The van der Waals surface area contributed by atoms with Gasteiger partial charge in [0, 0.05) is 5.69 Å². The highest BCUT2D eigenvalue weighted by atomic mass is 19.4. The maximum absolute atomic E-state index is 13.0. The Kier molecular flexibility index (Phi) is 11.1. The first-order valence-electron chi connectivity index (χ1n) is 14.1. The van der Waals surface area contributed by atoms with Crippen LogP contribution in [0.5, 0.6) is 23.0 Å². The van der Waals surface area contributed by atoms with E-state index in [1.807, 2.05) is 55.5 Å². The molecule has 1 N–H and O–H groups in total. The summed E-state index contributed by atoms with van der Waals surface area (Å²) >= 11 is 0. The van der Waals surface area contributed by atoms with Gasteiger partial charge in [0.2, 0.25) is 0 Å². The number of rotatable bonds is 13. The van der Waals surface area contributed by atoms with Gasteiger partial charge in [0.25, 0.3) is 5.91 Å². The van der Waals surface area contributed by atoms with E-state index in [9.17, 15) is 23.2 Å². The molecule has 4 aromatic rings. The first kappa shape index (κ1) is 32.5. The molecule has 45 heavy (non-hydrogen) atoms. The summed E-state index contributed by atoms with van der Waals surface area (Å²) in [6, 6.07) is 26.2. The average Bonchev–Trinajstić information content (AvgIpc) is 3.03. The summed E-state index contributed by atoms with van der Waals surface area (Å²) in [6.07, 6.45) is -3.25. The van der Waals surface area contributed by atoms with E-state index in [4.69, 9.17) is 18.9 Å².